The van der Waals surface area contributed by atoms with Crippen molar-refractivity contribution in [1.82, 2.24) is 5.32 Å². The largest absolute Gasteiger partial charge is 0.480 e. The molecule has 138 valence electrons. The Morgan fingerprint density at radius 3 is 2.84 bits per heavy atom. The lowest BCUT2D eigenvalue weighted by molar-refractivity contribution is -0.150. The molecule has 1 amide bonds. The summed E-state index contributed by atoms with van der Waals surface area (Å²) in [6.07, 6.45) is 9.30. The SMILES string of the molecule is C[C@]12CCC(=O)NC1=CC[C@@H]1[C@H]2CC[C@]2(C)C(OCC(=O)O)CC[C@@H]12. The molecule has 3 fully saturated rings. The highest BCUT2D eigenvalue weighted by atomic mass is 16.5. The van der Waals surface area contributed by atoms with Crippen LogP contribution < -0.4 is 5.32 Å². The smallest absolute Gasteiger partial charge is 0.329 e. The van der Waals surface area contributed by atoms with Crippen LogP contribution in [-0.2, 0) is 14.3 Å². The number of nitrogens with one attached hydrogen (secondary N) is 1. The summed E-state index contributed by atoms with van der Waals surface area (Å²) in [5, 5.41) is 12.1. The van der Waals surface area contributed by atoms with Crippen molar-refractivity contribution in [2.75, 3.05) is 6.61 Å². The highest BCUT2D eigenvalue weighted by Crippen LogP contribution is 2.64. The number of amides is 1. The molecule has 4 rings (SSSR count). The summed E-state index contributed by atoms with van der Waals surface area (Å²) < 4.78 is 5.79. The van der Waals surface area contributed by atoms with Gasteiger partial charge in [0.25, 0.3) is 0 Å². The summed E-state index contributed by atoms with van der Waals surface area (Å²) >= 11 is 0. The van der Waals surface area contributed by atoms with Crippen molar-refractivity contribution in [1.29, 1.82) is 0 Å². The average Bonchev–Trinajstić information content (AvgIpc) is 2.90. The van der Waals surface area contributed by atoms with Crippen molar-refractivity contribution in [2.24, 2.45) is 28.6 Å². The quantitative estimate of drug-likeness (QED) is 0.822. The number of hydrogen-bond acceptors (Lipinski definition) is 3. The first-order valence-electron chi connectivity index (χ1n) is 9.68. The highest BCUT2D eigenvalue weighted by Gasteiger charge is 2.59. The first-order chi connectivity index (χ1) is 11.8. The maximum Gasteiger partial charge on any atom is 0.329 e. The molecule has 6 atom stereocenters. The minimum Gasteiger partial charge on any atom is -0.480 e. The summed E-state index contributed by atoms with van der Waals surface area (Å²) in [7, 11) is 0. The van der Waals surface area contributed by atoms with Crippen molar-refractivity contribution in [3.63, 3.8) is 0 Å². The Morgan fingerprint density at radius 2 is 2.08 bits per heavy atom. The number of ether oxygens (including phenoxy) is 1. The van der Waals surface area contributed by atoms with Crippen LogP contribution in [0.25, 0.3) is 0 Å². The van der Waals surface area contributed by atoms with E-state index in [1.54, 1.807) is 0 Å². The van der Waals surface area contributed by atoms with Gasteiger partial charge in [0.05, 0.1) is 6.10 Å². The topological polar surface area (TPSA) is 75.6 Å². The molecule has 0 radical (unpaired) electrons. The van der Waals surface area contributed by atoms with Gasteiger partial charge >= 0.3 is 5.97 Å². The minimum absolute atomic E-state index is 0.0683. The summed E-state index contributed by atoms with van der Waals surface area (Å²) in [4.78, 5) is 22.7. The number of carbonyl (C=O) groups excluding carboxylic acids is 1. The van der Waals surface area contributed by atoms with Crippen LogP contribution in [0.15, 0.2) is 11.8 Å². The van der Waals surface area contributed by atoms with Crippen molar-refractivity contribution >= 4 is 11.9 Å². The van der Waals surface area contributed by atoms with Gasteiger partial charge in [-0.25, -0.2) is 4.79 Å². The molecule has 0 aromatic heterocycles. The molecule has 2 saturated carbocycles. The molecule has 5 nitrogen and oxygen atoms in total. The molecule has 1 heterocycles. The molecular formula is C20H29NO4. The molecule has 0 spiro atoms. The standard InChI is InChI=1S/C20H29NO4/c1-19-10-8-17(22)21-15(19)5-3-12-13-4-6-16(25-11-18(23)24)20(13,2)9-7-14(12)19/h5,12-14,16H,3-4,6-11H2,1-2H3,(H,21,22)(H,23,24)/t12-,13-,14+,16?,19+,20-/m0/s1. The zero-order valence-corrected chi connectivity index (χ0v) is 15.2. The Labute approximate surface area is 149 Å². The van der Waals surface area contributed by atoms with E-state index in [4.69, 9.17) is 9.84 Å². The Morgan fingerprint density at radius 1 is 1.28 bits per heavy atom. The fourth-order valence-corrected chi connectivity index (χ4v) is 6.59. The number of allylic oxidation sites excluding steroid dienone is 2. The summed E-state index contributed by atoms with van der Waals surface area (Å²) in [6.45, 7) is 4.47. The minimum atomic E-state index is -0.878. The van der Waals surface area contributed by atoms with Crippen molar-refractivity contribution < 1.29 is 19.4 Å². The van der Waals surface area contributed by atoms with E-state index in [1.165, 1.54) is 0 Å². The molecule has 0 aromatic rings. The third kappa shape index (κ3) is 2.54. The zero-order chi connectivity index (χ0) is 17.8. The van der Waals surface area contributed by atoms with Gasteiger partial charge in [-0.3, -0.25) is 4.79 Å². The van der Waals surface area contributed by atoms with E-state index < -0.39 is 5.97 Å². The first-order valence-corrected chi connectivity index (χ1v) is 9.68. The second kappa shape index (κ2) is 5.83. The maximum absolute atomic E-state index is 11.8. The fourth-order valence-electron chi connectivity index (χ4n) is 6.59. The summed E-state index contributed by atoms with van der Waals surface area (Å²) in [6, 6.07) is 0. The van der Waals surface area contributed by atoms with Crippen LogP contribution in [-0.4, -0.2) is 29.7 Å². The molecular weight excluding hydrogens is 318 g/mol. The molecule has 5 heteroatoms. The number of carboxylic acid groups (broad SMARTS) is 1. The van der Waals surface area contributed by atoms with Gasteiger partial charge in [0.15, 0.2) is 0 Å². The van der Waals surface area contributed by atoms with E-state index in [-0.39, 0.29) is 29.4 Å². The summed E-state index contributed by atoms with van der Waals surface area (Å²) in [5.41, 5.74) is 1.35. The number of aliphatic carboxylic acids is 1. The lowest BCUT2D eigenvalue weighted by Crippen LogP contribution is -2.54. The molecule has 4 aliphatic rings. The molecule has 2 N–H and O–H groups in total. The van der Waals surface area contributed by atoms with E-state index >= 15 is 0 Å². The first kappa shape index (κ1) is 17.1. The number of fused-ring (bicyclic) bond motifs is 5. The van der Waals surface area contributed by atoms with Crippen LogP contribution in [0.5, 0.6) is 0 Å². The van der Waals surface area contributed by atoms with E-state index in [2.05, 4.69) is 25.2 Å². The Balaban J connectivity index is 1.57. The Hall–Kier alpha value is -1.36. The Bertz CT molecular complexity index is 629. The van der Waals surface area contributed by atoms with Crippen LogP contribution >= 0.6 is 0 Å². The maximum atomic E-state index is 11.8. The monoisotopic (exact) mass is 347 g/mol. The van der Waals surface area contributed by atoms with Gasteiger partial charge in [-0.05, 0) is 61.7 Å². The molecule has 1 saturated heterocycles. The van der Waals surface area contributed by atoms with Crippen LogP contribution in [0.1, 0.15) is 58.8 Å². The van der Waals surface area contributed by atoms with Crippen LogP contribution in [0.4, 0.5) is 0 Å². The second-order valence-electron chi connectivity index (χ2n) is 9.01. The molecule has 0 aromatic carbocycles. The van der Waals surface area contributed by atoms with Crippen molar-refractivity contribution in [3.8, 4) is 0 Å². The van der Waals surface area contributed by atoms with Crippen LogP contribution in [0, 0.1) is 28.6 Å². The second-order valence-corrected chi connectivity index (χ2v) is 9.01. The van der Waals surface area contributed by atoms with Gasteiger partial charge in [0, 0.05) is 17.5 Å². The third-order valence-electron chi connectivity index (χ3n) is 7.93. The van der Waals surface area contributed by atoms with E-state index in [1.807, 2.05) is 0 Å². The predicted octanol–water partition coefficient (Wildman–Crippen LogP) is 3.10. The molecule has 0 bridgehead atoms. The molecule has 3 aliphatic carbocycles. The van der Waals surface area contributed by atoms with Crippen molar-refractivity contribution in [3.05, 3.63) is 11.8 Å². The number of piperidine rings is 1. The zero-order valence-electron chi connectivity index (χ0n) is 15.2. The normalized spacial score (nSPS) is 45.7. The molecule has 1 aliphatic heterocycles. The lowest BCUT2D eigenvalue weighted by atomic mass is 9.50. The lowest BCUT2D eigenvalue weighted by Gasteiger charge is -2.57. The predicted molar refractivity (Wildman–Crippen MR) is 92.6 cm³/mol. The summed E-state index contributed by atoms with van der Waals surface area (Å²) in [5.74, 6) is 1.12. The molecule has 1 unspecified atom stereocenters. The average molecular weight is 347 g/mol. The number of carboxylic acids is 1. The van der Waals surface area contributed by atoms with E-state index in [0.717, 1.165) is 44.2 Å². The van der Waals surface area contributed by atoms with Gasteiger partial charge in [0.1, 0.15) is 6.61 Å². The van der Waals surface area contributed by atoms with E-state index in [0.29, 0.717) is 24.2 Å². The number of rotatable bonds is 3. The van der Waals surface area contributed by atoms with Gasteiger partial charge in [0.2, 0.25) is 5.91 Å². The van der Waals surface area contributed by atoms with Gasteiger partial charge in [-0.2, -0.15) is 0 Å². The Kier molecular flexibility index (Phi) is 3.98. The van der Waals surface area contributed by atoms with Crippen LogP contribution in [0.3, 0.4) is 0 Å². The van der Waals surface area contributed by atoms with Gasteiger partial charge in [-0.1, -0.05) is 19.9 Å². The van der Waals surface area contributed by atoms with Gasteiger partial charge < -0.3 is 15.2 Å². The molecule has 25 heavy (non-hydrogen) atoms. The van der Waals surface area contributed by atoms with Crippen molar-refractivity contribution in [2.45, 2.75) is 64.9 Å². The van der Waals surface area contributed by atoms with Crippen LogP contribution in [0.2, 0.25) is 0 Å². The number of hydrogen-bond donors (Lipinski definition) is 2. The fraction of sp³-hybridized carbons (Fsp3) is 0.800. The highest BCUT2D eigenvalue weighted by molar-refractivity contribution is 5.79. The van der Waals surface area contributed by atoms with E-state index in [9.17, 15) is 9.59 Å². The van der Waals surface area contributed by atoms with Gasteiger partial charge in [-0.15, -0.1) is 0 Å². The number of carbonyl (C=O) groups is 2. The third-order valence-corrected chi connectivity index (χ3v) is 7.93.